The number of ether oxygens (including phenoxy) is 2. The molecule has 0 bridgehead atoms. The summed E-state index contributed by atoms with van der Waals surface area (Å²) in [5, 5.41) is 0. The maximum absolute atomic E-state index is 13.4. The predicted molar refractivity (Wildman–Crippen MR) is 117 cm³/mol. The van der Waals surface area contributed by atoms with Crippen molar-refractivity contribution >= 4 is 5.91 Å². The third kappa shape index (κ3) is 4.15. The summed E-state index contributed by atoms with van der Waals surface area (Å²) in [6.45, 7) is 3.42. The van der Waals surface area contributed by atoms with Crippen LogP contribution in [0, 0.1) is 12.7 Å². The molecule has 32 heavy (non-hydrogen) atoms. The second kappa shape index (κ2) is 8.57. The van der Waals surface area contributed by atoms with Gasteiger partial charge in [-0.15, -0.1) is 0 Å². The summed E-state index contributed by atoms with van der Waals surface area (Å²) in [7, 11) is 0. The molecule has 1 atom stereocenters. The van der Waals surface area contributed by atoms with E-state index in [2.05, 4.69) is 4.98 Å². The Morgan fingerprint density at radius 2 is 1.97 bits per heavy atom. The molecular formula is C25H24FN3O3. The minimum Gasteiger partial charge on any atom is -0.454 e. The number of benzene rings is 2. The number of hydrogen-bond acceptors (Lipinski definition) is 5. The molecular weight excluding hydrogens is 409 g/mol. The molecule has 0 unspecified atom stereocenters. The Hall–Kier alpha value is -3.48. The van der Waals surface area contributed by atoms with E-state index in [4.69, 9.17) is 14.5 Å². The van der Waals surface area contributed by atoms with Crippen LogP contribution in [0.5, 0.6) is 11.5 Å². The quantitative estimate of drug-likeness (QED) is 0.615. The van der Waals surface area contributed by atoms with Crippen molar-refractivity contribution in [2.75, 3.05) is 19.9 Å². The molecule has 3 heterocycles. The normalized spacial score (nSPS) is 17.4. The molecule has 5 rings (SSSR count). The second-order valence-corrected chi connectivity index (χ2v) is 8.27. The monoisotopic (exact) mass is 433 g/mol. The third-order valence-corrected chi connectivity index (χ3v) is 6.05. The van der Waals surface area contributed by atoms with Crippen molar-refractivity contribution in [1.29, 1.82) is 0 Å². The van der Waals surface area contributed by atoms with E-state index in [1.54, 1.807) is 18.3 Å². The van der Waals surface area contributed by atoms with Crippen molar-refractivity contribution in [3.8, 4) is 22.6 Å². The van der Waals surface area contributed by atoms with Gasteiger partial charge in [0, 0.05) is 30.8 Å². The highest BCUT2D eigenvalue weighted by molar-refractivity contribution is 5.79. The zero-order valence-electron chi connectivity index (χ0n) is 17.9. The summed E-state index contributed by atoms with van der Waals surface area (Å²) in [6.07, 6.45) is 3.97. The van der Waals surface area contributed by atoms with Crippen LogP contribution in [0.4, 0.5) is 4.39 Å². The Labute approximate surface area is 186 Å². The molecule has 0 aliphatic carbocycles. The molecule has 7 heteroatoms. The summed E-state index contributed by atoms with van der Waals surface area (Å²) >= 11 is 0. The van der Waals surface area contributed by atoms with Gasteiger partial charge >= 0.3 is 0 Å². The van der Waals surface area contributed by atoms with Crippen LogP contribution in [0.15, 0.2) is 48.7 Å². The van der Waals surface area contributed by atoms with Crippen LogP contribution < -0.4 is 9.47 Å². The Kier molecular flexibility index (Phi) is 5.47. The molecule has 0 radical (unpaired) electrons. The highest BCUT2D eigenvalue weighted by Gasteiger charge is 2.28. The van der Waals surface area contributed by atoms with Gasteiger partial charge in [0.15, 0.2) is 11.5 Å². The number of amides is 1. The Morgan fingerprint density at radius 3 is 2.81 bits per heavy atom. The number of aryl methyl sites for hydroxylation is 1. The van der Waals surface area contributed by atoms with Crippen molar-refractivity contribution < 1.29 is 18.7 Å². The maximum Gasteiger partial charge on any atom is 0.231 e. The van der Waals surface area contributed by atoms with Crippen LogP contribution in [0.2, 0.25) is 0 Å². The van der Waals surface area contributed by atoms with E-state index in [-0.39, 0.29) is 24.4 Å². The first-order valence-electron chi connectivity index (χ1n) is 10.8. The average Bonchev–Trinajstić information content (AvgIpc) is 3.28. The van der Waals surface area contributed by atoms with E-state index in [9.17, 15) is 9.18 Å². The molecule has 1 fully saturated rings. The smallest absolute Gasteiger partial charge is 0.231 e. The average molecular weight is 433 g/mol. The van der Waals surface area contributed by atoms with Gasteiger partial charge < -0.3 is 14.4 Å². The number of nitrogens with zero attached hydrogens (tertiary/aromatic N) is 3. The molecule has 1 amide bonds. The fourth-order valence-electron chi connectivity index (χ4n) is 4.41. The Bertz CT molecular complexity index is 1150. The lowest BCUT2D eigenvalue weighted by atomic mass is 9.89. The van der Waals surface area contributed by atoms with Gasteiger partial charge in [-0.2, -0.15) is 0 Å². The Balaban J connectivity index is 1.35. The number of carbonyl (C=O) groups excluding carboxylic acids is 1. The van der Waals surface area contributed by atoms with Gasteiger partial charge in [0.05, 0.1) is 12.1 Å². The predicted octanol–water partition coefficient (Wildman–Crippen LogP) is 4.27. The van der Waals surface area contributed by atoms with E-state index in [0.717, 1.165) is 41.8 Å². The SMILES string of the molecule is Cc1ncc(-c2ccc(F)cc2)c([C@@H]2CCCN(C(=O)Cc3ccc4c(c3)OCO4)C2)n1. The van der Waals surface area contributed by atoms with Gasteiger partial charge in [0.2, 0.25) is 12.7 Å². The lowest BCUT2D eigenvalue weighted by Crippen LogP contribution is -2.40. The summed E-state index contributed by atoms with van der Waals surface area (Å²) in [5.74, 6) is 2.00. The summed E-state index contributed by atoms with van der Waals surface area (Å²) in [6, 6.07) is 12.0. The molecule has 6 nitrogen and oxygen atoms in total. The van der Waals surface area contributed by atoms with Gasteiger partial charge in [-0.1, -0.05) is 18.2 Å². The van der Waals surface area contributed by atoms with E-state index in [0.29, 0.717) is 30.3 Å². The molecule has 2 aliphatic heterocycles. The maximum atomic E-state index is 13.4. The topological polar surface area (TPSA) is 64.6 Å². The van der Waals surface area contributed by atoms with E-state index in [1.807, 2.05) is 30.0 Å². The number of fused-ring (bicyclic) bond motifs is 1. The number of likely N-dealkylation sites (tertiary alicyclic amines) is 1. The third-order valence-electron chi connectivity index (χ3n) is 6.05. The largest absolute Gasteiger partial charge is 0.454 e. The second-order valence-electron chi connectivity index (χ2n) is 8.27. The Morgan fingerprint density at radius 1 is 1.16 bits per heavy atom. The van der Waals surface area contributed by atoms with Crippen LogP contribution in [0.25, 0.3) is 11.1 Å². The lowest BCUT2D eigenvalue weighted by Gasteiger charge is -2.33. The summed E-state index contributed by atoms with van der Waals surface area (Å²) in [4.78, 5) is 24.1. The molecule has 1 aromatic heterocycles. The van der Waals surface area contributed by atoms with Crippen LogP contribution in [-0.4, -0.2) is 40.7 Å². The van der Waals surface area contributed by atoms with Gasteiger partial charge in [-0.05, 0) is 55.2 Å². The number of piperidine rings is 1. The van der Waals surface area contributed by atoms with E-state index < -0.39 is 0 Å². The number of rotatable bonds is 4. The molecule has 0 saturated carbocycles. The molecule has 164 valence electrons. The number of hydrogen-bond donors (Lipinski definition) is 0. The number of halogens is 1. The van der Waals surface area contributed by atoms with Crippen molar-refractivity contribution in [1.82, 2.24) is 14.9 Å². The van der Waals surface area contributed by atoms with Gasteiger partial charge in [0.1, 0.15) is 11.6 Å². The van der Waals surface area contributed by atoms with Crippen LogP contribution in [0.1, 0.15) is 35.8 Å². The van der Waals surface area contributed by atoms with Crippen LogP contribution >= 0.6 is 0 Å². The fourth-order valence-corrected chi connectivity index (χ4v) is 4.41. The molecule has 0 N–H and O–H groups in total. The van der Waals surface area contributed by atoms with Crippen LogP contribution in [0.3, 0.4) is 0 Å². The van der Waals surface area contributed by atoms with Crippen molar-refractivity contribution in [3.63, 3.8) is 0 Å². The van der Waals surface area contributed by atoms with Gasteiger partial charge in [0.25, 0.3) is 0 Å². The zero-order valence-corrected chi connectivity index (χ0v) is 17.9. The van der Waals surface area contributed by atoms with Gasteiger partial charge in [-0.3, -0.25) is 4.79 Å². The molecule has 0 spiro atoms. The summed E-state index contributed by atoms with van der Waals surface area (Å²) in [5.41, 5.74) is 3.60. The van der Waals surface area contributed by atoms with Crippen molar-refractivity contribution in [2.45, 2.75) is 32.1 Å². The fraction of sp³-hybridized carbons (Fsp3) is 0.320. The summed E-state index contributed by atoms with van der Waals surface area (Å²) < 4.78 is 24.2. The van der Waals surface area contributed by atoms with Crippen LogP contribution in [-0.2, 0) is 11.2 Å². The number of aromatic nitrogens is 2. The molecule has 2 aliphatic rings. The highest BCUT2D eigenvalue weighted by Crippen LogP contribution is 2.35. The molecule has 2 aromatic carbocycles. The number of carbonyl (C=O) groups is 1. The standard InChI is InChI=1S/C25H24FN3O3/c1-16-27-13-21(18-5-7-20(26)8-6-18)25(28-16)19-3-2-10-29(14-19)24(30)12-17-4-9-22-23(11-17)32-15-31-22/h4-9,11,13,19H,2-3,10,12,14-15H2,1H3/t19-/m1/s1. The van der Waals surface area contributed by atoms with Crippen molar-refractivity contribution in [3.05, 3.63) is 71.6 Å². The molecule has 1 saturated heterocycles. The van der Waals surface area contributed by atoms with Crippen molar-refractivity contribution in [2.24, 2.45) is 0 Å². The first-order valence-corrected chi connectivity index (χ1v) is 10.8. The first-order chi connectivity index (χ1) is 15.6. The lowest BCUT2D eigenvalue weighted by molar-refractivity contribution is -0.131. The minimum atomic E-state index is -0.277. The highest BCUT2D eigenvalue weighted by atomic mass is 19.1. The van der Waals surface area contributed by atoms with Gasteiger partial charge in [-0.25, -0.2) is 14.4 Å². The van der Waals surface area contributed by atoms with E-state index in [1.165, 1.54) is 12.1 Å². The minimum absolute atomic E-state index is 0.0858. The van der Waals surface area contributed by atoms with E-state index >= 15 is 0 Å². The first kappa shape index (κ1) is 20.4. The zero-order chi connectivity index (χ0) is 22.1. The molecule has 3 aromatic rings.